The van der Waals surface area contributed by atoms with Crippen LogP contribution in [0.4, 0.5) is 0 Å². The third-order valence-electron chi connectivity index (χ3n) is 6.73. The molecule has 6 heteroatoms. The molecule has 2 aliphatic rings. The quantitative estimate of drug-likeness (QED) is 0.423. The third kappa shape index (κ3) is 7.19. The fourth-order valence-electron chi connectivity index (χ4n) is 4.93. The van der Waals surface area contributed by atoms with E-state index in [2.05, 4.69) is 11.8 Å². The van der Waals surface area contributed by atoms with E-state index in [0.717, 1.165) is 37.8 Å². The normalized spacial score (nSPS) is 20.3. The molecule has 0 spiro atoms. The number of nitrogens with zero attached hydrogens (tertiary/aromatic N) is 1. The molecule has 0 amide bonds. The van der Waals surface area contributed by atoms with E-state index in [1.54, 1.807) is 7.11 Å². The van der Waals surface area contributed by atoms with Crippen molar-refractivity contribution in [1.29, 1.82) is 0 Å². The summed E-state index contributed by atoms with van der Waals surface area (Å²) in [6, 6.07) is 6.00. The summed E-state index contributed by atoms with van der Waals surface area (Å²) < 4.78 is 16.7. The topological polar surface area (TPSA) is 68.2 Å². The zero-order valence-electron chi connectivity index (χ0n) is 19.9. The lowest BCUT2D eigenvalue weighted by molar-refractivity contribution is -0.121. The summed E-state index contributed by atoms with van der Waals surface area (Å²) in [4.78, 5) is 15.2. The van der Waals surface area contributed by atoms with Crippen molar-refractivity contribution in [2.75, 3.05) is 40.0 Å². The van der Waals surface area contributed by atoms with Crippen molar-refractivity contribution in [1.82, 2.24) is 4.90 Å². The van der Waals surface area contributed by atoms with Crippen LogP contribution in [0.25, 0.3) is 0 Å². The van der Waals surface area contributed by atoms with Gasteiger partial charge in [-0.25, -0.2) is 0 Å². The summed E-state index contributed by atoms with van der Waals surface area (Å²) >= 11 is 0. The van der Waals surface area contributed by atoms with E-state index in [0.29, 0.717) is 56.7 Å². The Morgan fingerprint density at radius 1 is 1.19 bits per heavy atom. The van der Waals surface area contributed by atoms with E-state index in [-0.39, 0.29) is 11.7 Å². The van der Waals surface area contributed by atoms with E-state index >= 15 is 0 Å². The highest BCUT2D eigenvalue weighted by Crippen LogP contribution is 2.36. The number of hydrogen-bond acceptors (Lipinski definition) is 6. The number of ether oxygens (including phenoxy) is 3. The molecular weight excluding hydrogens is 406 g/mol. The second-order valence-corrected chi connectivity index (χ2v) is 9.26. The van der Waals surface area contributed by atoms with E-state index in [9.17, 15) is 9.90 Å². The lowest BCUT2D eigenvalue weighted by atomic mass is 9.89. The van der Waals surface area contributed by atoms with E-state index in [4.69, 9.17) is 14.2 Å². The average Bonchev–Trinajstić information content (AvgIpc) is 3.24. The van der Waals surface area contributed by atoms with E-state index in [1.807, 2.05) is 18.2 Å². The van der Waals surface area contributed by atoms with Crippen molar-refractivity contribution in [2.45, 2.75) is 76.9 Å². The van der Waals surface area contributed by atoms with Gasteiger partial charge in [0.15, 0.2) is 11.5 Å². The number of rotatable bonds is 14. The van der Waals surface area contributed by atoms with Crippen molar-refractivity contribution in [3.8, 4) is 11.5 Å². The first-order valence-corrected chi connectivity index (χ1v) is 12.4. The number of ketones is 1. The van der Waals surface area contributed by atoms with Gasteiger partial charge in [-0.05, 0) is 43.5 Å². The second kappa shape index (κ2) is 13.2. The number of fused-ring (bicyclic) bond motifs is 1. The minimum Gasteiger partial charge on any atom is -0.486 e. The fraction of sp³-hybridized carbons (Fsp3) is 0.731. The molecule has 0 bridgehead atoms. The molecule has 1 aromatic rings. The summed E-state index contributed by atoms with van der Waals surface area (Å²) in [6.45, 7) is 5.64. The average molecular weight is 448 g/mol. The monoisotopic (exact) mass is 447 g/mol. The highest BCUT2D eigenvalue weighted by Gasteiger charge is 2.32. The van der Waals surface area contributed by atoms with Gasteiger partial charge in [0.05, 0.1) is 12.7 Å². The molecule has 2 aliphatic heterocycles. The van der Waals surface area contributed by atoms with Gasteiger partial charge in [0, 0.05) is 38.5 Å². The van der Waals surface area contributed by atoms with Crippen LogP contribution in [0.15, 0.2) is 18.2 Å². The maximum atomic E-state index is 12.8. The SMILES string of the molecule is CCCCCCCC(=O)C[C@H](CN1CCC[C@H]1COC)[C@@H](O)c1ccc2c(c1)OCCO2. The maximum absolute atomic E-state index is 12.8. The minimum atomic E-state index is -0.723. The molecule has 2 heterocycles. The number of aliphatic hydroxyl groups is 1. The van der Waals surface area contributed by atoms with Gasteiger partial charge in [-0.2, -0.15) is 0 Å². The summed E-state index contributed by atoms with van der Waals surface area (Å²) in [5.74, 6) is 1.49. The molecule has 0 aliphatic carbocycles. The highest BCUT2D eigenvalue weighted by atomic mass is 16.6. The summed E-state index contributed by atoms with van der Waals surface area (Å²) in [5, 5.41) is 11.3. The molecule has 0 aromatic heterocycles. The molecule has 3 atom stereocenters. The Kier molecular flexibility index (Phi) is 10.3. The Labute approximate surface area is 193 Å². The van der Waals surface area contributed by atoms with Crippen molar-refractivity contribution in [3.63, 3.8) is 0 Å². The van der Waals surface area contributed by atoms with Gasteiger partial charge in [-0.15, -0.1) is 0 Å². The molecule has 1 saturated heterocycles. The maximum Gasteiger partial charge on any atom is 0.161 e. The molecular formula is C26H41NO5. The van der Waals surface area contributed by atoms with Crippen LogP contribution in [0.5, 0.6) is 11.5 Å². The fourth-order valence-corrected chi connectivity index (χ4v) is 4.93. The van der Waals surface area contributed by atoms with Crippen LogP contribution >= 0.6 is 0 Å². The number of carbonyl (C=O) groups is 1. The molecule has 6 nitrogen and oxygen atoms in total. The van der Waals surface area contributed by atoms with Gasteiger partial charge in [0.1, 0.15) is 19.0 Å². The first-order valence-electron chi connectivity index (χ1n) is 12.4. The number of aliphatic hydroxyl groups excluding tert-OH is 1. The zero-order valence-corrected chi connectivity index (χ0v) is 19.9. The Hall–Kier alpha value is -1.63. The highest BCUT2D eigenvalue weighted by molar-refractivity contribution is 5.78. The number of hydrogen-bond donors (Lipinski definition) is 1. The molecule has 0 saturated carbocycles. The van der Waals surface area contributed by atoms with Crippen molar-refractivity contribution < 1.29 is 24.1 Å². The molecule has 1 fully saturated rings. The first-order chi connectivity index (χ1) is 15.6. The number of Topliss-reactive ketones (excluding diaryl/α,β-unsaturated/α-hetero) is 1. The third-order valence-corrected chi connectivity index (χ3v) is 6.73. The standard InChI is InChI=1S/C26H41NO5/c1-3-4-5-6-7-10-23(28)16-21(18-27-13-8-9-22(27)19-30-2)26(29)20-11-12-24-25(17-20)32-15-14-31-24/h11-12,17,21-22,26,29H,3-10,13-16,18-19H2,1-2H3/t21-,22+,26+/m1/s1. The van der Waals surface area contributed by atoms with Crippen LogP contribution in [-0.2, 0) is 9.53 Å². The van der Waals surface area contributed by atoms with Crippen LogP contribution in [0, 0.1) is 5.92 Å². The largest absolute Gasteiger partial charge is 0.486 e. The molecule has 1 N–H and O–H groups in total. The number of benzene rings is 1. The number of likely N-dealkylation sites (tertiary alicyclic amines) is 1. The summed E-state index contributed by atoms with van der Waals surface area (Å²) in [5.41, 5.74) is 0.789. The Morgan fingerprint density at radius 2 is 1.97 bits per heavy atom. The molecule has 0 unspecified atom stereocenters. The molecule has 3 rings (SSSR count). The first kappa shape index (κ1) is 25.0. The van der Waals surface area contributed by atoms with Crippen LogP contribution in [0.2, 0.25) is 0 Å². The smallest absolute Gasteiger partial charge is 0.161 e. The molecule has 180 valence electrons. The summed E-state index contributed by atoms with van der Waals surface area (Å²) in [7, 11) is 1.74. The van der Waals surface area contributed by atoms with Gasteiger partial charge in [0.25, 0.3) is 0 Å². The Balaban J connectivity index is 1.67. The van der Waals surface area contributed by atoms with Crippen LogP contribution < -0.4 is 9.47 Å². The lowest BCUT2D eigenvalue weighted by Gasteiger charge is -2.31. The van der Waals surface area contributed by atoms with Gasteiger partial charge < -0.3 is 19.3 Å². The predicted octanol–water partition coefficient (Wildman–Crippen LogP) is 4.54. The van der Waals surface area contributed by atoms with Gasteiger partial charge in [0.2, 0.25) is 0 Å². The summed E-state index contributed by atoms with van der Waals surface area (Å²) in [6.07, 6.45) is 8.20. The number of methoxy groups -OCH3 is 1. The van der Waals surface area contributed by atoms with Crippen molar-refractivity contribution in [2.24, 2.45) is 5.92 Å². The Bertz CT molecular complexity index is 709. The van der Waals surface area contributed by atoms with Crippen molar-refractivity contribution in [3.05, 3.63) is 23.8 Å². The van der Waals surface area contributed by atoms with Gasteiger partial charge >= 0.3 is 0 Å². The van der Waals surface area contributed by atoms with Gasteiger partial charge in [-0.3, -0.25) is 9.69 Å². The molecule has 0 radical (unpaired) electrons. The molecule has 1 aromatic carbocycles. The number of unbranched alkanes of at least 4 members (excludes halogenated alkanes) is 4. The van der Waals surface area contributed by atoms with Gasteiger partial charge in [-0.1, -0.05) is 38.7 Å². The lowest BCUT2D eigenvalue weighted by Crippen LogP contribution is -2.39. The zero-order chi connectivity index (χ0) is 22.8. The number of carbonyl (C=O) groups excluding carboxylic acids is 1. The van der Waals surface area contributed by atoms with E-state index in [1.165, 1.54) is 19.3 Å². The second-order valence-electron chi connectivity index (χ2n) is 9.26. The van der Waals surface area contributed by atoms with Crippen LogP contribution in [0.3, 0.4) is 0 Å². The minimum absolute atomic E-state index is 0.154. The van der Waals surface area contributed by atoms with Crippen LogP contribution in [0.1, 0.15) is 76.4 Å². The van der Waals surface area contributed by atoms with E-state index < -0.39 is 6.10 Å². The van der Waals surface area contributed by atoms with Crippen molar-refractivity contribution >= 4 is 5.78 Å². The predicted molar refractivity (Wildman–Crippen MR) is 125 cm³/mol. The van der Waals surface area contributed by atoms with Crippen LogP contribution in [-0.4, -0.2) is 61.9 Å². The Morgan fingerprint density at radius 3 is 2.75 bits per heavy atom. The molecule has 32 heavy (non-hydrogen) atoms.